The van der Waals surface area contributed by atoms with Crippen molar-refractivity contribution < 1.29 is 13.2 Å². The number of benzene rings is 2. The molecule has 2 aromatic carbocycles. The zero-order valence-electron chi connectivity index (χ0n) is 16.0. The average Bonchev–Trinajstić information content (AvgIpc) is 3.09. The van der Waals surface area contributed by atoms with Crippen molar-refractivity contribution in [1.29, 1.82) is 0 Å². The summed E-state index contributed by atoms with van der Waals surface area (Å²) in [6.45, 7) is 3.49. The van der Waals surface area contributed by atoms with Crippen LogP contribution in [0.5, 0.6) is 0 Å². The average molecular weight is 451 g/mol. The molecule has 152 valence electrons. The molecule has 1 N–H and O–H groups in total. The Balaban J connectivity index is 1.81. The SMILES string of the molecule is Cc1ccc(-c2nnc(NC(=O)C(C)N(c3cccc(Cl)c3)S(C)(=O)=O)s2)cc1. The summed E-state index contributed by atoms with van der Waals surface area (Å²) in [5.41, 5.74) is 2.32. The number of aryl methyl sites for hydroxylation is 1. The van der Waals surface area contributed by atoms with Crippen LogP contribution in [0.2, 0.25) is 5.02 Å². The van der Waals surface area contributed by atoms with Crippen LogP contribution in [0.3, 0.4) is 0 Å². The third-order valence-corrected chi connectivity index (χ3v) is 6.47. The van der Waals surface area contributed by atoms with Crippen molar-refractivity contribution in [3.8, 4) is 10.6 Å². The van der Waals surface area contributed by atoms with Crippen LogP contribution in [0, 0.1) is 6.92 Å². The van der Waals surface area contributed by atoms with Gasteiger partial charge in [0.15, 0.2) is 0 Å². The molecule has 3 aromatic rings. The molecule has 1 amide bonds. The molecule has 1 atom stereocenters. The van der Waals surface area contributed by atoms with Gasteiger partial charge in [0.1, 0.15) is 11.0 Å². The molecule has 0 aliphatic heterocycles. The molecule has 10 heteroatoms. The molecule has 0 radical (unpaired) electrons. The van der Waals surface area contributed by atoms with Gasteiger partial charge in [-0.05, 0) is 32.0 Å². The second-order valence-electron chi connectivity index (χ2n) is 6.48. The number of sulfonamides is 1. The number of hydrogen-bond donors (Lipinski definition) is 1. The summed E-state index contributed by atoms with van der Waals surface area (Å²) in [4.78, 5) is 12.7. The molecule has 3 rings (SSSR count). The lowest BCUT2D eigenvalue weighted by Gasteiger charge is -2.27. The Morgan fingerprint density at radius 3 is 2.48 bits per heavy atom. The van der Waals surface area contributed by atoms with Crippen LogP contribution < -0.4 is 9.62 Å². The number of carbonyl (C=O) groups excluding carboxylic acids is 1. The molecule has 0 bridgehead atoms. The van der Waals surface area contributed by atoms with E-state index in [4.69, 9.17) is 11.6 Å². The van der Waals surface area contributed by atoms with Crippen LogP contribution in [0.4, 0.5) is 10.8 Å². The van der Waals surface area contributed by atoms with Gasteiger partial charge in [0.05, 0.1) is 11.9 Å². The molecule has 0 spiro atoms. The Kier molecular flexibility index (Phi) is 6.21. The van der Waals surface area contributed by atoms with E-state index in [1.807, 2.05) is 31.2 Å². The highest BCUT2D eigenvalue weighted by atomic mass is 35.5. The van der Waals surface area contributed by atoms with E-state index in [-0.39, 0.29) is 5.13 Å². The van der Waals surface area contributed by atoms with E-state index in [2.05, 4.69) is 15.5 Å². The molecule has 0 saturated carbocycles. The molecule has 0 fully saturated rings. The van der Waals surface area contributed by atoms with Gasteiger partial charge in [0.25, 0.3) is 0 Å². The van der Waals surface area contributed by atoms with Crippen LogP contribution in [0.15, 0.2) is 48.5 Å². The summed E-state index contributed by atoms with van der Waals surface area (Å²) in [6.07, 6.45) is 1.04. The summed E-state index contributed by atoms with van der Waals surface area (Å²) in [7, 11) is -3.73. The lowest BCUT2D eigenvalue weighted by molar-refractivity contribution is -0.116. The van der Waals surface area contributed by atoms with E-state index < -0.39 is 22.0 Å². The highest BCUT2D eigenvalue weighted by Crippen LogP contribution is 2.28. The van der Waals surface area contributed by atoms with Crippen molar-refractivity contribution in [3.05, 3.63) is 59.1 Å². The number of carbonyl (C=O) groups is 1. The van der Waals surface area contributed by atoms with Crippen LogP contribution in [0.25, 0.3) is 10.6 Å². The number of amides is 1. The van der Waals surface area contributed by atoms with E-state index in [9.17, 15) is 13.2 Å². The molecule has 1 unspecified atom stereocenters. The summed E-state index contributed by atoms with van der Waals surface area (Å²) in [5.74, 6) is -0.526. The lowest BCUT2D eigenvalue weighted by atomic mass is 10.2. The highest BCUT2D eigenvalue weighted by molar-refractivity contribution is 7.92. The quantitative estimate of drug-likeness (QED) is 0.613. The van der Waals surface area contributed by atoms with Crippen molar-refractivity contribution in [2.24, 2.45) is 0 Å². The van der Waals surface area contributed by atoms with Gasteiger partial charge < -0.3 is 0 Å². The molecule has 29 heavy (non-hydrogen) atoms. The first-order chi connectivity index (χ1) is 13.6. The first-order valence-electron chi connectivity index (χ1n) is 8.61. The normalized spacial score (nSPS) is 12.4. The van der Waals surface area contributed by atoms with Gasteiger partial charge in [0, 0.05) is 10.6 Å². The number of halogens is 1. The van der Waals surface area contributed by atoms with Gasteiger partial charge in [-0.25, -0.2) is 8.42 Å². The predicted molar refractivity (Wildman–Crippen MR) is 117 cm³/mol. The van der Waals surface area contributed by atoms with Crippen molar-refractivity contribution in [1.82, 2.24) is 10.2 Å². The fraction of sp³-hybridized carbons (Fsp3) is 0.211. The second kappa shape index (κ2) is 8.48. The Morgan fingerprint density at radius 1 is 1.17 bits per heavy atom. The monoisotopic (exact) mass is 450 g/mol. The van der Waals surface area contributed by atoms with E-state index in [1.165, 1.54) is 24.3 Å². The minimum Gasteiger partial charge on any atom is -0.299 e. The van der Waals surface area contributed by atoms with Gasteiger partial charge >= 0.3 is 0 Å². The summed E-state index contributed by atoms with van der Waals surface area (Å²) in [6, 6.07) is 13.1. The predicted octanol–water partition coefficient (Wildman–Crippen LogP) is 3.96. The molecule has 0 aliphatic rings. The van der Waals surface area contributed by atoms with Gasteiger partial charge in [-0.15, -0.1) is 10.2 Å². The highest BCUT2D eigenvalue weighted by Gasteiger charge is 2.30. The Bertz CT molecular complexity index is 1130. The fourth-order valence-corrected chi connectivity index (χ4v) is 4.82. The molecule has 0 saturated heterocycles. The molecular weight excluding hydrogens is 432 g/mol. The van der Waals surface area contributed by atoms with Crippen LogP contribution in [-0.4, -0.2) is 36.8 Å². The molecular formula is C19H19ClN4O3S2. The molecule has 0 aliphatic carbocycles. The van der Waals surface area contributed by atoms with Crippen molar-refractivity contribution in [2.75, 3.05) is 15.9 Å². The van der Waals surface area contributed by atoms with Crippen LogP contribution in [0.1, 0.15) is 12.5 Å². The number of anilines is 2. The van der Waals surface area contributed by atoms with Gasteiger partial charge in [-0.1, -0.05) is 58.8 Å². The number of rotatable bonds is 6. The fourth-order valence-electron chi connectivity index (χ4n) is 2.72. The molecule has 1 heterocycles. The summed E-state index contributed by atoms with van der Waals surface area (Å²) < 4.78 is 25.7. The van der Waals surface area contributed by atoms with Gasteiger partial charge in [-0.3, -0.25) is 14.4 Å². The van der Waals surface area contributed by atoms with E-state index >= 15 is 0 Å². The van der Waals surface area contributed by atoms with Crippen LogP contribution >= 0.6 is 22.9 Å². The Hall–Kier alpha value is -2.49. The minimum absolute atomic E-state index is 0.289. The second-order valence-corrected chi connectivity index (χ2v) is 9.76. The topological polar surface area (TPSA) is 92.3 Å². The summed E-state index contributed by atoms with van der Waals surface area (Å²) in [5, 5.41) is 12.1. The molecule has 1 aromatic heterocycles. The maximum absolute atomic E-state index is 12.7. The summed E-state index contributed by atoms with van der Waals surface area (Å²) >= 11 is 7.20. The zero-order chi connectivity index (χ0) is 21.2. The van der Waals surface area contributed by atoms with Crippen LogP contribution in [-0.2, 0) is 14.8 Å². The van der Waals surface area contributed by atoms with Gasteiger partial charge in [-0.2, -0.15) is 0 Å². The zero-order valence-corrected chi connectivity index (χ0v) is 18.3. The van der Waals surface area contributed by atoms with Crippen molar-refractivity contribution in [3.63, 3.8) is 0 Å². The number of aromatic nitrogens is 2. The lowest BCUT2D eigenvalue weighted by Crippen LogP contribution is -2.45. The maximum Gasteiger partial charge on any atom is 0.249 e. The Morgan fingerprint density at radius 2 is 1.86 bits per heavy atom. The number of hydrogen-bond acceptors (Lipinski definition) is 6. The van der Waals surface area contributed by atoms with Crippen molar-refractivity contribution in [2.45, 2.75) is 19.9 Å². The third kappa shape index (κ3) is 5.11. The minimum atomic E-state index is -3.73. The maximum atomic E-state index is 12.7. The molecule has 7 nitrogen and oxygen atoms in total. The van der Waals surface area contributed by atoms with E-state index in [0.717, 1.165) is 21.7 Å². The van der Waals surface area contributed by atoms with E-state index in [1.54, 1.807) is 18.2 Å². The third-order valence-electron chi connectivity index (χ3n) is 4.10. The number of nitrogens with zero attached hydrogens (tertiary/aromatic N) is 3. The standard InChI is InChI=1S/C19H19ClN4O3S2/c1-12-7-9-14(10-8-12)18-22-23-19(28-18)21-17(25)13(2)24(29(3,26)27)16-6-4-5-15(20)11-16/h4-11,13H,1-3H3,(H,21,23,25). The first-order valence-corrected chi connectivity index (χ1v) is 11.7. The van der Waals surface area contributed by atoms with Crippen molar-refractivity contribution >= 4 is 49.7 Å². The Labute approximate surface area is 178 Å². The van der Waals surface area contributed by atoms with E-state index in [0.29, 0.717) is 15.7 Å². The largest absolute Gasteiger partial charge is 0.299 e. The van der Waals surface area contributed by atoms with Gasteiger partial charge in [0.2, 0.25) is 21.1 Å². The first kappa shape index (κ1) is 21.2. The smallest absolute Gasteiger partial charge is 0.249 e. The number of nitrogens with one attached hydrogen (secondary N) is 1.